The van der Waals surface area contributed by atoms with Gasteiger partial charge in [0, 0.05) is 6.20 Å². The van der Waals surface area contributed by atoms with Gasteiger partial charge in [-0.15, -0.1) is 0 Å². The minimum atomic E-state index is -1.28. The summed E-state index contributed by atoms with van der Waals surface area (Å²) < 4.78 is 7.11. The van der Waals surface area contributed by atoms with Crippen LogP contribution < -0.4 is 5.32 Å². The SMILES string of the molecule is Cc1ccc(C(C)(O)CNC(=O)c2cnn(-c3ccccc3C)c2)o1. The number of para-hydroxylation sites is 1. The zero-order chi connectivity index (χ0) is 18.0. The zero-order valence-electron chi connectivity index (χ0n) is 14.5. The third-order valence-electron chi connectivity index (χ3n) is 4.07. The van der Waals surface area contributed by atoms with E-state index < -0.39 is 5.60 Å². The highest BCUT2D eigenvalue weighted by Gasteiger charge is 2.27. The van der Waals surface area contributed by atoms with Crippen LogP contribution in [0.3, 0.4) is 0 Å². The molecule has 3 aromatic rings. The van der Waals surface area contributed by atoms with Gasteiger partial charge < -0.3 is 14.8 Å². The van der Waals surface area contributed by atoms with Crippen LogP contribution in [0.5, 0.6) is 0 Å². The Morgan fingerprint density at radius 2 is 2.04 bits per heavy atom. The van der Waals surface area contributed by atoms with Crippen molar-refractivity contribution >= 4 is 5.91 Å². The Kier molecular flexibility index (Phi) is 4.46. The summed E-state index contributed by atoms with van der Waals surface area (Å²) in [6, 6.07) is 11.3. The normalized spacial score (nSPS) is 13.4. The number of furan rings is 1. The number of nitrogens with one attached hydrogen (secondary N) is 1. The van der Waals surface area contributed by atoms with Crippen LogP contribution in [0.4, 0.5) is 0 Å². The first kappa shape index (κ1) is 17.0. The molecule has 1 atom stereocenters. The standard InChI is InChI=1S/C19H21N3O3/c1-13-6-4-5-7-16(13)22-11-15(10-21-22)18(23)20-12-19(3,24)17-9-8-14(2)25-17/h4-11,24H,12H2,1-3H3,(H,20,23). The van der Waals surface area contributed by atoms with Crippen molar-refractivity contribution in [2.45, 2.75) is 26.4 Å². The van der Waals surface area contributed by atoms with E-state index in [0.29, 0.717) is 17.1 Å². The highest BCUT2D eigenvalue weighted by Crippen LogP contribution is 2.22. The van der Waals surface area contributed by atoms with E-state index in [-0.39, 0.29) is 12.5 Å². The van der Waals surface area contributed by atoms with Gasteiger partial charge in [-0.2, -0.15) is 5.10 Å². The van der Waals surface area contributed by atoms with Crippen molar-refractivity contribution in [3.05, 3.63) is 71.4 Å². The number of rotatable bonds is 5. The number of aliphatic hydroxyl groups is 1. The predicted molar refractivity (Wildman–Crippen MR) is 93.7 cm³/mol. The minimum absolute atomic E-state index is 0.0360. The van der Waals surface area contributed by atoms with Gasteiger partial charge in [-0.3, -0.25) is 4.79 Å². The number of aromatic nitrogens is 2. The summed E-state index contributed by atoms with van der Waals surface area (Å²) >= 11 is 0. The highest BCUT2D eigenvalue weighted by molar-refractivity contribution is 5.93. The molecule has 0 aliphatic rings. The largest absolute Gasteiger partial charge is 0.463 e. The number of carbonyl (C=O) groups is 1. The lowest BCUT2D eigenvalue weighted by atomic mass is 10.0. The highest BCUT2D eigenvalue weighted by atomic mass is 16.4. The Bertz CT molecular complexity index is 893. The first-order valence-corrected chi connectivity index (χ1v) is 8.05. The van der Waals surface area contributed by atoms with E-state index in [1.165, 1.54) is 6.20 Å². The van der Waals surface area contributed by atoms with Crippen LogP contribution >= 0.6 is 0 Å². The predicted octanol–water partition coefficient (Wildman–Crippen LogP) is 2.72. The van der Waals surface area contributed by atoms with E-state index in [4.69, 9.17) is 4.42 Å². The molecule has 0 saturated carbocycles. The quantitative estimate of drug-likeness (QED) is 0.749. The Morgan fingerprint density at radius 3 is 2.72 bits per heavy atom. The summed E-state index contributed by atoms with van der Waals surface area (Å²) in [6.45, 7) is 5.42. The molecule has 0 aliphatic carbocycles. The lowest BCUT2D eigenvalue weighted by Crippen LogP contribution is -2.38. The summed E-state index contributed by atoms with van der Waals surface area (Å²) in [7, 11) is 0. The van der Waals surface area contributed by atoms with E-state index >= 15 is 0 Å². The summed E-state index contributed by atoms with van der Waals surface area (Å²) in [5.74, 6) is 0.824. The van der Waals surface area contributed by atoms with Crippen LogP contribution in [-0.2, 0) is 5.60 Å². The Hall–Kier alpha value is -2.86. The molecule has 0 fully saturated rings. The molecule has 25 heavy (non-hydrogen) atoms. The van der Waals surface area contributed by atoms with Crippen LogP contribution in [-0.4, -0.2) is 27.3 Å². The molecular weight excluding hydrogens is 318 g/mol. The molecule has 0 saturated heterocycles. The monoisotopic (exact) mass is 339 g/mol. The Labute approximate surface area is 146 Å². The first-order valence-electron chi connectivity index (χ1n) is 8.05. The van der Waals surface area contributed by atoms with Crippen LogP contribution in [0.15, 0.2) is 53.2 Å². The van der Waals surface area contributed by atoms with Crippen LogP contribution in [0, 0.1) is 13.8 Å². The number of hydrogen-bond donors (Lipinski definition) is 2. The topological polar surface area (TPSA) is 80.3 Å². The Morgan fingerprint density at radius 1 is 1.28 bits per heavy atom. The molecule has 0 aliphatic heterocycles. The van der Waals surface area contributed by atoms with Crippen molar-refractivity contribution in [1.29, 1.82) is 0 Å². The number of benzene rings is 1. The maximum absolute atomic E-state index is 12.4. The smallest absolute Gasteiger partial charge is 0.254 e. The molecule has 6 heteroatoms. The summed E-state index contributed by atoms with van der Waals surface area (Å²) in [4.78, 5) is 12.4. The molecule has 1 amide bonds. The van der Waals surface area contributed by atoms with Gasteiger partial charge in [0.25, 0.3) is 5.91 Å². The van der Waals surface area contributed by atoms with Gasteiger partial charge >= 0.3 is 0 Å². The van der Waals surface area contributed by atoms with E-state index in [2.05, 4.69) is 10.4 Å². The van der Waals surface area contributed by atoms with Gasteiger partial charge in [0.2, 0.25) is 0 Å². The van der Waals surface area contributed by atoms with Gasteiger partial charge in [0.05, 0.1) is 24.0 Å². The molecule has 0 radical (unpaired) electrons. The molecule has 0 spiro atoms. The summed E-state index contributed by atoms with van der Waals surface area (Å²) in [6.07, 6.45) is 3.18. The van der Waals surface area contributed by atoms with Crippen molar-refractivity contribution in [2.24, 2.45) is 0 Å². The van der Waals surface area contributed by atoms with Gasteiger partial charge in [0.15, 0.2) is 0 Å². The van der Waals surface area contributed by atoms with E-state index in [0.717, 1.165) is 11.3 Å². The van der Waals surface area contributed by atoms with Crippen LogP contribution in [0.1, 0.15) is 34.4 Å². The van der Waals surface area contributed by atoms with E-state index in [1.807, 2.05) is 31.2 Å². The maximum Gasteiger partial charge on any atom is 0.254 e. The maximum atomic E-state index is 12.4. The molecule has 2 N–H and O–H groups in total. The average molecular weight is 339 g/mol. The molecule has 3 rings (SSSR count). The zero-order valence-corrected chi connectivity index (χ0v) is 14.5. The van der Waals surface area contributed by atoms with Crippen molar-refractivity contribution < 1.29 is 14.3 Å². The summed E-state index contributed by atoms with van der Waals surface area (Å²) in [5.41, 5.74) is 1.12. The first-order chi connectivity index (χ1) is 11.9. The molecule has 1 unspecified atom stereocenters. The van der Waals surface area contributed by atoms with Crippen molar-refractivity contribution in [2.75, 3.05) is 6.54 Å². The number of aryl methyl sites for hydroxylation is 2. The lowest BCUT2D eigenvalue weighted by Gasteiger charge is -2.21. The second-order valence-corrected chi connectivity index (χ2v) is 6.33. The third-order valence-corrected chi connectivity index (χ3v) is 4.07. The molecule has 2 aromatic heterocycles. The lowest BCUT2D eigenvalue weighted by molar-refractivity contribution is 0.0323. The number of amides is 1. The second kappa shape index (κ2) is 6.57. The summed E-state index contributed by atoms with van der Waals surface area (Å²) in [5, 5.41) is 17.5. The van der Waals surface area contributed by atoms with Crippen LogP contribution in [0.25, 0.3) is 5.69 Å². The molecule has 0 bridgehead atoms. The molecule has 130 valence electrons. The van der Waals surface area contributed by atoms with E-state index in [9.17, 15) is 9.90 Å². The van der Waals surface area contributed by atoms with Crippen LogP contribution in [0.2, 0.25) is 0 Å². The third kappa shape index (κ3) is 3.64. The van der Waals surface area contributed by atoms with Gasteiger partial charge in [-0.25, -0.2) is 4.68 Å². The fourth-order valence-corrected chi connectivity index (χ4v) is 2.56. The van der Waals surface area contributed by atoms with Crippen molar-refractivity contribution in [1.82, 2.24) is 15.1 Å². The Balaban J connectivity index is 1.69. The number of carbonyl (C=O) groups excluding carboxylic acids is 1. The molecule has 6 nitrogen and oxygen atoms in total. The van der Waals surface area contributed by atoms with Gasteiger partial charge in [0.1, 0.15) is 17.1 Å². The minimum Gasteiger partial charge on any atom is -0.463 e. The molecular formula is C19H21N3O3. The van der Waals surface area contributed by atoms with Gasteiger partial charge in [-0.1, -0.05) is 18.2 Å². The molecule has 1 aromatic carbocycles. The second-order valence-electron chi connectivity index (χ2n) is 6.33. The number of nitrogens with zero attached hydrogens (tertiary/aromatic N) is 2. The fraction of sp³-hybridized carbons (Fsp3) is 0.263. The van der Waals surface area contributed by atoms with Gasteiger partial charge in [-0.05, 0) is 44.5 Å². The van der Waals surface area contributed by atoms with Crippen molar-refractivity contribution in [3.8, 4) is 5.69 Å². The van der Waals surface area contributed by atoms with E-state index in [1.54, 1.807) is 36.9 Å². The number of hydrogen-bond acceptors (Lipinski definition) is 4. The molecule has 2 heterocycles. The van der Waals surface area contributed by atoms with Crippen molar-refractivity contribution in [3.63, 3.8) is 0 Å². The average Bonchev–Trinajstić information content (AvgIpc) is 3.23. The fourth-order valence-electron chi connectivity index (χ4n) is 2.56.